The van der Waals surface area contributed by atoms with Crippen molar-refractivity contribution in [2.45, 2.75) is 19.4 Å². The molecule has 0 fully saturated rings. The molecule has 0 bridgehead atoms. The van der Waals surface area contributed by atoms with Crippen molar-refractivity contribution in [2.24, 2.45) is 0 Å². The Morgan fingerprint density at radius 1 is 1.15 bits per heavy atom. The van der Waals surface area contributed by atoms with E-state index in [-0.39, 0.29) is 6.42 Å². The molecule has 0 aliphatic heterocycles. The number of carboxylic acids is 1. The molecule has 0 radical (unpaired) electrons. The Labute approximate surface area is 156 Å². The molecular formula is C19H20ClNO5. The van der Waals surface area contributed by atoms with Gasteiger partial charge in [-0.3, -0.25) is 9.59 Å². The number of amides is 1. The molecule has 1 atom stereocenters. The van der Waals surface area contributed by atoms with Gasteiger partial charge in [0.2, 0.25) is 0 Å². The maximum Gasteiger partial charge on any atom is 0.305 e. The van der Waals surface area contributed by atoms with Crippen molar-refractivity contribution in [1.82, 2.24) is 5.32 Å². The van der Waals surface area contributed by atoms with Gasteiger partial charge in [-0.15, -0.1) is 0 Å². The summed E-state index contributed by atoms with van der Waals surface area (Å²) < 4.78 is 10.7. The Hall–Kier alpha value is -2.73. The van der Waals surface area contributed by atoms with Gasteiger partial charge in [-0.05, 0) is 42.8 Å². The summed E-state index contributed by atoms with van der Waals surface area (Å²) in [7, 11) is 1.49. The maximum absolute atomic E-state index is 12.6. The number of hydrogen-bond donors (Lipinski definition) is 2. The molecule has 26 heavy (non-hydrogen) atoms. The fourth-order valence-corrected chi connectivity index (χ4v) is 2.57. The largest absolute Gasteiger partial charge is 0.493 e. The Bertz CT molecular complexity index is 776. The van der Waals surface area contributed by atoms with Crippen LogP contribution in [-0.4, -0.2) is 30.7 Å². The molecular weight excluding hydrogens is 358 g/mol. The summed E-state index contributed by atoms with van der Waals surface area (Å²) >= 11 is 5.87. The van der Waals surface area contributed by atoms with Crippen LogP contribution in [-0.2, 0) is 4.79 Å². The van der Waals surface area contributed by atoms with E-state index in [0.29, 0.717) is 34.3 Å². The van der Waals surface area contributed by atoms with E-state index >= 15 is 0 Å². The van der Waals surface area contributed by atoms with Crippen LogP contribution in [0, 0.1) is 0 Å². The van der Waals surface area contributed by atoms with E-state index < -0.39 is 17.9 Å². The first-order valence-corrected chi connectivity index (χ1v) is 8.41. The second kappa shape index (κ2) is 9.10. The molecule has 0 heterocycles. The molecule has 0 aliphatic rings. The van der Waals surface area contributed by atoms with E-state index in [9.17, 15) is 9.59 Å². The number of halogens is 1. The predicted molar refractivity (Wildman–Crippen MR) is 98.1 cm³/mol. The lowest BCUT2D eigenvalue weighted by Crippen LogP contribution is -2.30. The maximum atomic E-state index is 12.6. The second-order valence-electron chi connectivity index (χ2n) is 5.47. The van der Waals surface area contributed by atoms with Gasteiger partial charge in [0.25, 0.3) is 5.91 Å². The molecule has 0 aromatic heterocycles. The Morgan fingerprint density at radius 2 is 1.85 bits per heavy atom. The molecule has 0 spiro atoms. The number of aliphatic carboxylic acids is 1. The van der Waals surface area contributed by atoms with E-state index in [0.717, 1.165) is 0 Å². The third-order valence-electron chi connectivity index (χ3n) is 3.68. The van der Waals surface area contributed by atoms with Gasteiger partial charge in [0.1, 0.15) is 0 Å². The molecule has 2 rings (SSSR count). The minimum absolute atomic E-state index is 0.248. The van der Waals surface area contributed by atoms with E-state index in [4.69, 9.17) is 26.2 Å². The average Bonchev–Trinajstić information content (AvgIpc) is 2.62. The molecule has 1 amide bonds. The van der Waals surface area contributed by atoms with E-state index in [1.807, 2.05) is 6.92 Å². The zero-order valence-corrected chi connectivity index (χ0v) is 15.2. The van der Waals surface area contributed by atoms with Crippen molar-refractivity contribution in [2.75, 3.05) is 13.7 Å². The minimum Gasteiger partial charge on any atom is -0.493 e. The molecule has 0 saturated carbocycles. The van der Waals surface area contributed by atoms with E-state index in [1.165, 1.54) is 7.11 Å². The molecule has 0 unspecified atom stereocenters. The Morgan fingerprint density at radius 3 is 2.42 bits per heavy atom. The molecule has 2 aromatic rings. The highest BCUT2D eigenvalue weighted by atomic mass is 35.5. The fraction of sp³-hybridized carbons (Fsp3) is 0.263. The Balaban J connectivity index is 2.23. The normalized spacial score (nSPS) is 11.5. The minimum atomic E-state index is -1.02. The van der Waals surface area contributed by atoms with Crippen LogP contribution in [0.5, 0.6) is 11.5 Å². The lowest BCUT2D eigenvalue weighted by atomic mass is 10.0. The summed E-state index contributed by atoms with van der Waals surface area (Å²) in [5.74, 6) is -0.464. The number of ether oxygens (including phenoxy) is 2. The first kappa shape index (κ1) is 19.6. The molecule has 6 nitrogen and oxygen atoms in total. The van der Waals surface area contributed by atoms with E-state index in [2.05, 4.69) is 5.32 Å². The first-order valence-electron chi connectivity index (χ1n) is 8.03. The van der Waals surface area contributed by atoms with Crippen LogP contribution in [0.3, 0.4) is 0 Å². The van der Waals surface area contributed by atoms with Gasteiger partial charge in [-0.1, -0.05) is 23.7 Å². The summed E-state index contributed by atoms with van der Waals surface area (Å²) in [5.41, 5.74) is 0.998. The number of carboxylic acid groups (broad SMARTS) is 1. The van der Waals surface area contributed by atoms with Crippen molar-refractivity contribution in [3.8, 4) is 11.5 Å². The zero-order chi connectivity index (χ0) is 19.1. The van der Waals surface area contributed by atoms with Crippen LogP contribution in [0.4, 0.5) is 0 Å². The third kappa shape index (κ3) is 5.13. The van der Waals surface area contributed by atoms with Crippen LogP contribution in [0.25, 0.3) is 0 Å². The number of hydrogen-bond acceptors (Lipinski definition) is 4. The van der Waals surface area contributed by atoms with Crippen LogP contribution >= 0.6 is 11.6 Å². The summed E-state index contributed by atoms with van der Waals surface area (Å²) in [6.45, 7) is 2.32. The van der Waals surface area contributed by atoms with Gasteiger partial charge < -0.3 is 19.9 Å². The third-order valence-corrected chi connectivity index (χ3v) is 3.93. The quantitative estimate of drug-likeness (QED) is 0.732. The summed E-state index contributed by atoms with van der Waals surface area (Å²) in [6.07, 6.45) is -0.248. The number of rotatable bonds is 8. The molecule has 7 heteroatoms. The molecule has 0 aliphatic carbocycles. The van der Waals surface area contributed by atoms with Crippen molar-refractivity contribution in [3.05, 3.63) is 58.6 Å². The van der Waals surface area contributed by atoms with Crippen LogP contribution in [0.1, 0.15) is 35.3 Å². The number of methoxy groups -OCH3 is 1. The smallest absolute Gasteiger partial charge is 0.305 e. The molecule has 138 valence electrons. The highest BCUT2D eigenvalue weighted by molar-refractivity contribution is 6.30. The Kier molecular flexibility index (Phi) is 6.86. The zero-order valence-electron chi connectivity index (χ0n) is 14.5. The van der Waals surface area contributed by atoms with Gasteiger partial charge in [-0.25, -0.2) is 0 Å². The SMILES string of the molecule is CCOc1ccc(C(=O)N[C@@H](CC(=O)O)c2ccc(Cl)cc2)cc1OC. The number of benzene rings is 2. The van der Waals surface area contributed by atoms with Crippen molar-refractivity contribution >= 4 is 23.5 Å². The summed E-state index contributed by atoms with van der Waals surface area (Å²) in [5, 5.41) is 12.4. The number of nitrogens with one attached hydrogen (secondary N) is 1. The lowest BCUT2D eigenvalue weighted by molar-refractivity contribution is -0.137. The number of carbonyl (C=O) groups is 2. The molecule has 0 saturated heterocycles. The van der Waals surface area contributed by atoms with Crippen molar-refractivity contribution in [1.29, 1.82) is 0 Å². The summed E-state index contributed by atoms with van der Waals surface area (Å²) in [6, 6.07) is 10.8. The standard InChI is InChI=1S/C19H20ClNO5/c1-3-26-16-9-6-13(10-17(16)25-2)19(24)21-15(11-18(22)23)12-4-7-14(20)8-5-12/h4-10,15H,3,11H2,1-2H3,(H,21,24)(H,22,23)/t15-/m0/s1. The monoisotopic (exact) mass is 377 g/mol. The van der Waals surface area contributed by atoms with Gasteiger partial charge in [0.05, 0.1) is 26.2 Å². The van der Waals surface area contributed by atoms with Crippen LogP contribution in [0.2, 0.25) is 5.02 Å². The van der Waals surface area contributed by atoms with Gasteiger partial charge in [-0.2, -0.15) is 0 Å². The highest BCUT2D eigenvalue weighted by Crippen LogP contribution is 2.28. The molecule has 2 aromatic carbocycles. The topological polar surface area (TPSA) is 84.9 Å². The van der Waals surface area contributed by atoms with Crippen LogP contribution in [0.15, 0.2) is 42.5 Å². The van der Waals surface area contributed by atoms with Gasteiger partial charge in [0.15, 0.2) is 11.5 Å². The second-order valence-corrected chi connectivity index (χ2v) is 5.91. The molecule has 2 N–H and O–H groups in total. The van der Waals surface area contributed by atoms with Gasteiger partial charge >= 0.3 is 5.97 Å². The fourth-order valence-electron chi connectivity index (χ4n) is 2.45. The lowest BCUT2D eigenvalue weighted by Gasteiger charge is -2.18. The van der Waals surface area contributed by atoms with Crippen molar-refractivity contribution < 1.29 is 24.2 Å². The van der Waals surface area contributed by atoms with E-state index in [1.54, 1.807) is 42.5 Å². The number of carbonyl (C=O) groups excluding carboxylic acids is 1. The van der Waals surface area contributed by atoms with Crippen molar-refractivity contribution in [3.63, 3.8) is 0 Å². The summed E-state index contributed by atoms with van der Waals surface area (Å²) in [4.78, 5) is 23.8. The predicted octanol–water partition coefficient (Wildman–Crippen LogP) is 3.69. The average molecular weight is 378 g/mol. The first-order chi connectivity index (χ1) is 12.4. The van der Waals surface area contributed by atoms with Gasteiger partial charge in [0, 0.05) is 10.6 Å². The van der Waals surface area contributed by atoms with Crippen LogP contribution < -0.4 is 14.8 Å². The highest BCUT2D eigenvalue weighted by Gasteiger charge is 2.20.